The maximum Gasteiger partial charge on any atom is 0.237 e. The molecule has 0 radical (unpaired) electrons. The second-order valence-electron chi connectivity index (χ2n) is 6.65. The third-order valence-corrected chi connectivity index (χ3v) is 6.44. The van der Waals surface area contributed by atoms with Gasteiger partial charge in [0.05, 0.1) is 24.8 Å². The van der Waals surface area contributed by atoms with Gasteiger partial charge in [-0.15, -0.1) is 21.5 Å². The van der Waals surface area contributed by atoms with Gasteiger partial charge in [0, 0.05) is 25.8 Å². The normalized spacial score (nSPS) is 11.1. The minimum absolute atomic E-state index is 0.493. The first-order valence-corrected chi connectivity index (χ1v) is 11.7. The number of ether oxygens (including phenoxy) is 3. The summed E-state index contributed by atoms with van der Waals surface area (Å²) in [7, 11) is 4.92. The van der Waals surface area contributed by atoms with Gasteiger partial charge in [0.2, 0.25) is 11.7 Å². The average molecular weight is 474 g/mol. The summed E-state index contributed by atoms with van der Waals surface area (Å²) in [6.07, 6.45) is 0.825. The van der Waals surface area contributed by atoms with Crippen molar-refractivity contribution in [1.82, 2.24) is 24.9 Å². The first kappa shape index (κ1) is 22.3. The molecule has 0 aliphatic carbocycles. The Morgan fingerprint density at radius 3 is 2.72 bits per heavy atom. The van der Waals surface area contributed by atoms with Crippen LogP contribution in [0.5, 0.6) is 11.5 Å². The van der Waals surface area contributed by atoms with Gasteiger partial charge in [-0.1, -0.05) is 23.0 Å². The third-order valence-electron chi connectivity index (χ3n) is 4.62. The van der Waals surface area contributed by atoms with Crippen molar-refractivity contribution < 1.29 is 18.7 Å². The molecule has 0 saturated carbocycles. The molecule has 0 N–H and O–H groups in total. The van der Waals surface area contributed by atoms with Crippen LogP contribution in [0.15, 0.2) is 45.4 Å². The molecule has 0 saturated heterocycles. The number of aromatic nitrogens is 5. The Bertz CT molecular complexity index is 1140. The molecule has 0 amide bonds. The van der Waals surface area contributed by atoms with Gasteiger partial charge < -0.3 is 23.3 Å². The van der Waals surface area contributed by atoms with Crippen molar-refractivity contribution in [3.63, 3.8) is 0 Å². The highest BCUT2D eigenvalue weighted by atomic mass is 32.2. The van der Waals surface area contributed by atoms with E-state index in [0.29, 0.717) is 42.1 Å². The lowest BCUT2D eigenvalue weighted by Crippen LogP contribution is -2.05. The number of benzene rings is 1. The second-order valence-corrected chi connectivity index (χ2v) is 8.54. The van der Waals surface area contributed by atoms with E-state index in [4.69, 9.17) is 18.7 Å². The summed E-state index contributed by atoms with van der Waals surface area (Å²) >= 11 is 3.08. The average Bonchev–Trinajstić information content (AvgIpc) is 3.58. The summed E-state index contributed by atoms with van der Waals surface area (Å²) in [4.78, 5) is 5.46. The largest absolute Gasteiger partial charge is 0.493 e. The van der Waals surface area contributed by atoms with E-state index in [9.17, 15) is 0 Å². The van der Waals surface area contributed by atoms with Crippen LogP contribution >= 0.6 is 23.1 Å². The van der Waals surface area contributed by atoms with Gasteiger partial charge in [-0.05, 0) is 36.1 Å². The van der Waals surface area contributed by atoms with Crippen molar-refractivity contribution in [3.8, 4) is 33.6 Å². The van der Waals surface area contributed by atoms with Crippen molar-refractivity contribution in [1.29, 1.82) is 0 Å². The van der Waals surface area contributed by atoms with E-state index in [2.05, 4.69) is 24.9 Å². The Labute approximate surface area is 193 Å². The van der Waals surface area contributed by atoms with E-state index in [-0.39, 0.29) is 0 Å². The Balaban J connectivity index is 1.56. The summed E-state index contributed by atoms with van der Waals surface area (Å²) in [5.41, 5.74) is 0.886. The molecule has 1 aromatic carbocycles. The maximum absolute atomic E-state index is 5.45. The molecule has 168 valence electrons. The van der Waals surface area contributed by atoms with Crippen LogP contribution in [0, 0.1) is 0 Å². The molecule has 0 bridgehead atoms. The van der Waals surface area contributed by atoms with Crippen molar-refractivity contribution >= 4 is 23.1 Å². The summed E-state index contributed by atoms with van der Waals surface area (Å²) in [6.45, 7) is 1.35. The number of methoxy groups -OCH3 is 3. The molecule has 0 aliphatic rings. The molecule has 4 rings (SSSR count). The number of rotatable bonds is 11. The molecule has 3 aromatic heterocycles. The molecule has 9 nitrogen and oxygen atoms in total. The fourth-order valence-corrected chi connectivity index (χ4v) is 4.55. The maximum atomic E-state index is 5.45. The van der Waals surface area contributed by atoms with Gasteiger partial charge in [-0.3, -0.25) is 0 Å². The van der Waals surface area contributed by atoms with Crippen LogP contribution in [0.2, 0.25) is 0 Å². The summed E-state index contributed by atoms with van der Waals surface area (Å²) in [5.74, 6) is 3.68. The molecule has 4 aromatic rings. The molecular weight excluding hydrogens is 450 g/mol. The first-order chi connectivity index (χ1) is 15.7. The number of hydrogen-bond donors (Lipinski definition) is 0. The molecular formula is C21H23N5O4S2. The van der Waals surface area contributed by atoms with Crippen molar-refractivity contribution in [3.05, 3.63) is 41.6 Å². The summed E-state index contributed by atoms with van der Waals surface area (Å²) < 4.78 is 23.5. The smallest absolute Gasteiger partial charge is 0.237 e. The monoisotopic (exact) mass is 473 g/mol. The quantitative estimate of drug-likeness (QED) is 0.232. The van der Waals surface area contributed by atoms with E-state index < -0.39 is 0 Å². The Morgan fingerprint density at radius 1 is 1.09 bits per heavy atom. The van der Waals surface area contributed by atoms with E-state index >= 15 is 0 Å². The SMILES string of the molecule is COCCCn1c(SCc2nc(-c3cccs3)no2)nnc1-c1ccc(OC)c(OC)c1. The van der Waals surface area contributed by atoms with Crippen molar-refractivity contribution in [2.75, 3.05) is 27.9 Å². The third kappa shape index (κ3) is 4.95. The minimum Gasteiger partial charge on any atom is -0.493 e. The lowest BCUT2D eigenvalue weighted by Gasteiger charge is -2.12. The predicted molar refractivity (Wildman–Crippen MR) is 122 cm³/mol. The van der Waals surface area contributed by atoms with Gasteiger partial charge in [-0.25, -0.2) is 0 Å². The zero-order valence-electron chi connectivity index (χ0n) is 18.0. The zero-order chi connectivity index (χ0) is 22.3. The summed E-state index contributed by atoms with van der Waals surface area (Å²) in [5, 5.41) is 15.7. The zero-order valence-corrected chi connectivity index (χ0v) is 19.6. The number of thioether (sulfide) groups is 1. The van der Waals surface area contributed by atoms with Gasteiger partial charge in [0.25, 0.3) is 0 Å². The van der Waals surface area contributed by atoms with Crippen LogP contribution < -0.4 is 9.47 Å². The molecule has 0 unspecified atom stereocenters. The highest BCUT2D eigenvalue weighted by molar-refractivity contribution is 7.98. The molecule has 0 aliphatic heterocycles. The van der Waals surface area contributed by atoms with E-state index in [1.54, 1.807) is 32.7 Å². The summed E-state index contributed by atoms with van der Waals surface area (Å²) in [6, 6.07) is 9.63. The van der Waals surface area contributed by atoms with Gasteiger partial charge in [-0.2, -0.15) is 4.98 Å². The van der Waals surface area contributed by atoms with E-state index in [0.717, 1.165) is 27.8 Å². The molecule has 11 heteroatoms. The molecule has 0 spiro atoms. The highest BCUT2D eigenvalue weighted by Gasteiger charge is 2.18. The Morgan fingerprint density at radius 2 is 1.97 bits per heavy atom. The number of hydrogen-bond acceptors (Lipinski definition) is 10. The molecule has 32 heavy (non-hydrogen) atoms. The Hall–Kier alpha value is -2.89. The fraction of sp³-hybridized carbons (Fsp3) is 0.333. The lowest BCUT2D eigenvalue weighted by atomic mass is 10.2. The molecule has 3 heterocycles. The van der Waals surface area contributed by atoms with Gasteiger partial charge in [0.1, 0.15) is 0 Å². The topological polar surface area (TPSA) is 97.3 Å². The number of nitrogens with zero attached hydrogens (tertiary/aromatic N) is 5. The Kier molecular flexibility index (Phi) is 7.40. The van der Waals surface area contributed by atoms with E-state index in [1.807, 2.05) is 35.7 Å². The lowest BCUT2D eigenvalue weighted by molar-refractivity contribution is 0.189. The van der Waals surface area contributed by atoms with Crippen LogP contribution in [-0.2, 0) is 17.0 Å². The molecule has 0 atom stereocenters. The minimum atomic E-state index is 0.493. The van der Waals surface area contributed by atoms with Crippen molar-refractivity contribution in [2.24, 2.45) is 0 Å². The van der Waals surface area contributed by atoms with Gasteiger partial charge >= 0.3 is 0 Å². The standard InChI is InChI=1S/C21H23N5O4S2/c1-27-10-5-9-26-20(14-7-8-15(28-2)16(12-14)29-3)23-24-21(26)32-13-18-22-19(25-30-18)17-6-4-11-31-17/h4,6-8,11-12H,5,9-10,13H2,1-3H3. The predicted octanol–water partition coefficient (Wildman–Crippen LogP) is 4.40. The van der Waals surface area contributed by atoms with Crippen LogP contribution in [0.1, 0.15) is 12.3 Å². The molecule has 0 fully saturated rings. The van der Waals surface area contributed by atoms with Crippen LogP contribution in [0.25, 0.3) is 22.1 Å². The van der Waals surface area contributed by atoms with Crippen LogP contribution in [0.3, 0.4) is 0 Å². The van der Waals surface area contributed by atoms with Crippen LogP contribution in [0.4, 0.5) is 0 Å². The second kappa shape index (κ2) is 10.6. The van der Waals surface area contributed by atoms with Crippen molar-refractivity contribution in [2.45, 2.75) is 23.9 Å². The number of thiophene rings is 1. The van der Waals surface area contributed by atoms with E-state index in [1.165, 1.54) is 11.8 Å². The first-order valence-electron chi connectivity index (χ1n) is 9.87. The van der Waals surface area contributed by atoms with Gasteiger partial charge in [0.15, 0.2) is 22.5 Å². The van der Waals surface area contributed by atoms with Crippen LogP contribution in [-0.4, -0.2) is 52.8 Å². The highest BCUT2D eigenvalue weighted by Crippen LogP contribution is 2.33. The fourth-order valence-electron chi connectivity index (χ4n) is 3.10.